The summed E-state index contributed by atoms with van der Waals surface area (Å²) in [5, 5.41) is 12.6. The maximum atomic E-state index is 12.8. The number of hydrogen-bond acceptors (Lipinski definition) is 6. The van der Waals surface area contributed by atoms with Gasteiger partial charge in [-0.25, -0.2) is 13.1 Å². The zero-order valence-corrected chi connectivity index (χ0v) is 20.3. The zero-order chi connectivity index (χ0) is 22.7. The van der Waals surface area contributed by atoms with Crippen LogP contribution in [0.5, 0.6) is 0 Å². The van der Waals surface area contributed by atoms with Crippen LogP contribution >= 0.6 is 11.8 Å². The van der Waals surface area contributed by atoms with E-state index in [2.05, 4.69) is 24.8 Å². The first-order chi connectivity index (χ1) is 15.4. The number of aromatic nitrogens is 3. The molecule has 8 nitrogen and oxygen atoms in total. The molecule has 1 aromatic carbocycles. The third kappa shape index (κ3) is 5.35. The molecule has 1 aromatic heterocycles. The molecule has 0 atom stereocenters. The minimum absolute atomic E-state index is 0.0245. The summed E-state index contributed by atoms with van der Waals surface area (Å²) in [6.07, 6.45) is 10.1. The van der Waals surface area contributed by atoms with Gasteiger partial charge in [-0.15, -0.1) is 10.2 Å². The Morgan fingerprint density at radius 3 is 2.62 bits per heavy atom. The van der Waals surface area contributed by atoms with Crippen molar-refractivity contribution in [1.82, 2.24) is 24.8 Å². The van der Waals surface area contributed by atoms with E-state index in [9.17, 15) is 13.2 Å². The van der Waals surface area contributed by atoms with Crippen LogP contribution in [0.15, 0.2) is 28.3 Å². The van der Waals surface area contributed by atoms with Crippen molar-refractivity contribution in [1.29, 1.82) is 0 Å². The molecule has 4 rings (SSSR count). The molecule has 2 aromatic rings. The number of sulfonamides is 1. The molecule has 174 valence electrons. The smallest absolute Gasteiger partial charge is 0.251 e. The van der Waals surface area contributed by atoms with Crippen LogP contribution in [-0.4, -0.2) is 47.9 Å². The van der Waals surface area contributed by atoms with Crippen molar-refractivity contribution in [3.8, 4) is 0 Å². The van der Waals surface area contributed by atoms with Gasteiger partial charge >= 0.3 is 0 Å². The van der Waals surface area contributed by atoms with E-state index in [1.54, 1.807) is 23.9 Å². The van der Waals surface area contributed by atoms with Crippen molar-refractivity contribution >= 4 is 27.7 Å². The van der Waals surface area contributed by atoms with E-state index in [4.69, 9.17) is 0 Å². The number of nitrogens with one attached hydrogen (secondary N) is 2. The van der Waals surface area contributed by atoms with E-state index >= 15 is 0 Å². The Balaban J connectivity index is 1.36. The number of amides is 1. The van der Waals surface area contributed by atoms with Gasteiger partial charge in [0, 0.05) is 30.6 Å². The lowest BCUT2D eigenvalue weighted by Crippen LogP contribution is -2.28. The molecule has 2 aliphatic carbocycles. The number of nitrogens with zero attached hydrogens (tertiary/aromatic N) is 3. The summed E-state index contributed by atoms with van der Waals surface area (Å²) >= 11 is 1.62. The van der Waals surface area contributed by atoms with Crippen LogP contribution < -0.4 is 10.0 Å². The third-order valence-corrected chi connectivity index (χ3v) is 8.30. The summed E-state index contributed by atoms with van der Waals surface area (Å²) in [5.74, 6) is 0.721. The standard InChI is InChI=1S/C22H31N5O3S2/c1-15-9-12-18(32(29,30)26-16-10-11-16)14-19(15)21(28)23-13-5-8-20-24-25-22(31-2)27(20)17-6-3-4-7-17/h9,12,14,16-17,26H,3-8,10-11,13H2,1-2H3,(H,23,28). The Morgan fingerprint density at radius 2 is 1.94 bits per heavy atom. The van der Waals surface area contributed by atoms with Gasteiger partial charge in [-0.3, -0.25) is 4.79 Å². The first-order valence-corrected chi connectivity index (χ1v) is 14.0. The molecule has 0 spiro atoms. The van der Waals surface area contributed by atoms with Gasteiger partial charge in [0.1, 0.15) is 5.82 Å². The van der Waals surface area contributed by atoms with Crippen molar-refractivity contribution in [3.05, 3.63) is 35.2 Å². The van der Waals surface area contributed by atoms with Gasteiger partial charge in [0.15, 0.2) is 5.16 Å². The second kappa shape index (κ2) is 9.93. The number of benzene rings is 1. The zero-order valence-electron chi connectivity index (χ0n) is 18.6. The normalized spacial score (nSPS) is 17.1. The average molecular weight is 478 g/mol. The van der Waals surface area contributed by atoms with E-state index in [0.29, 0.717) is 18.2 Å². The van der Waals surface area contributed by atoms with Gasteiger partial charge in [0.2, 0.25) is 10.0 Å². The monoisotopic (exact) mass is 477 g/mol. The minimum Gasteiger partial charge on any atom is -0.352 e. The molecule has 1 heterocycles. The summed E-state index contributed by atoms with van der Waals surface area (Å²) in [4.78, 5) is 12.9. The third-order valence-electron chi connectivity index (χ3n) is 6.13. The van der Waals surface area contributed by atoms with Crippen molar-refractivity contribution in [2.75, 3.05) is 12.8 Å². The Labute approximate surface area is 194 Å². The second-order valence-corrected chi connectivity index (χ2v) is 11.1. The predicted octanol–water partition coefficient (Wildman–Crippen LogP) is 3.23. The summed E-state index contributed by atoms with van der Waals surface area (Å²) < 4.78 is 29.9. The number of rotatable bonds is 10. The molecule has 0 saturated heterocycles. The van der Waals surface area contributed by atoms with Crippen LogP contribution in [-0.2, 0) is 16.4 Å². The lowest BCUT2D eigenvalue weighted by Gasteiger charge is -2.16. The van der Waals surface area contributed by atoms with Gasteiger partial charge in [-0.2, -0.15) is 0 Å². The highest BCUT2D eigenvalue weighted by Crippen LogP contribution is 2.33. The maximum Gasteiger partial charge on any atom is 0.251 e. The molecule has 2 aliphatic rings. The molecule has 0 bridgehead atoms. The van der Waals surface area contributed by atoms with Crippen LogP contribution in [0.25, 0.3) is 0 Å². The van der Waals surface area contributed by atoms with E-state index in [1.165, 1.54) is 31.7 Å². The largest absolute Gasteiger partial charge is 0.352 e. The van der Waals surface area contributed by atoms with Crippen LogP contribution in [0.3, 0.4) is 0 Å². The number of hydrogen-bond donors (Lipinski definition) is 2. The van der Waals surface area contributed by atoms with Crippen LogP contribution in [0.4, 0.5) is 0 Å². The fourth-order valence-corrected chi connectivity index (χ4v) is 6.10. The highest BCUT2D eigenvalue weighted by Gasteiger charge is 2.28. The van der Waals surface area contributed by atoms with Crippen molar-refractivity contribution in [3.63, 3.8) is 0 Å². The molecule has 1 amide bonds. The van der Waals surface area contributed by atoms with Gasteiger partial charge in [0.05, 0.1) is 4.90 Å². The van der Waals surface area contributed by atoms with Gasteiger partial charge < -0.3 is 9.88 Å². The summed E-state index contributed by atoms with van der Waals surface area (Å²) in [6.45, 7) is 2.30. The maximum absolute atomic E-state index is 12.8. The summed E-state index contributed by atoms with van der Waals surface area (Å²) in [7, 11) is -3.59. The van der Waals surface area contributed by atoms with Gasteiger partial charge in [0.25, 0.3) is 5.91 Å². The quantitative estimate of drug-likeness (QED) is 0.402. The summed E-state index contributed by atoms with van der Waals surface area (Å²) in [5.41, 5.74) is 1.14. The molecule has 10 heteroatoms. The molecule has 0 radical (unpaired) electrons. The predicted molar refractivity (Wildman–Crippen MR) is 124 cm³/mol. The topological polar surface area (TPSA) is 106 Å². The van der Waals surface area contributed by atoms with Gasteiger partial charge in [-0.05, 0) is 63.0 Å². The van der Waals surface area contributed by atoms with Crippen molar-refractivity contribution in [2.24, 2.45) is 0 Å². The highest BCUT2D eigenvalue weighted by molar-refractivity contribution is 7.98. The molecular formula is C22H31N5O3S2. The first kappa shape index (κ1) is 23.3. The number of carbonyl (C=O) groups is 1. The van der Waals surface area contributed by atoms with E-state index in [0.717, 1.165) is 42.2 Å². The Morgan fingerprint density at radius 1 is 1.19 bits per heavy atom. The highest BCUT2D eigenvalue weighted by atomic mass is 32.2. The summed E-state index contributed by atoms with van der Waals surface area (Å²) in [6, 6.07) is 5.21. The number of thioether (sulfide) groups is 1. The van der Waals surface area contributed by atoms with Gasteiger partial charge in [-0.1, -0.05) is 30.7 Å². The number of aryl methyl sites for hydroxylation is 2. The number of carbonyl (C=O) groups excluding carboxylic acids is 1. The first-order valence-electron chi connectivity index (χ1n) is 11.3. The average Bonchev–Trinajstić information content (AvgIpc) is 3.25. The fraction of sp³-hybridized carbons (Fsp3) is 0.591. The molecule has 0 aliphatic heterocycles. The van der Waals surface area contributed by atoms with Crippen LogP contribution in [0, 0.1) is 6.92 Å². The molecule has 0 unspecified atom stereocenters. The van der Waals surface area contributed by atoms with E-state index in [1.807, 2.05) is 13.2 Å². The fourth-order valence-electron chi connectivity index (χ4n) is 4.19. The molecule has 32 heavy (non-hydrogen) atoms. The Bertz CT molecular complexity index is 1070. The molecule has 2 saturated carbocycles. The lowest BCUT2D eigenvalue weighted by atomic mass is 10.1. The molecule has 2 N–H and O–H groups in total. The Kier molecular flexibility index (Phi) is 7.21. The van der Waals surface area contributed by atoms with Crippen LogP contribution in [0.1, 0.15) is 72.7 Å². The minimum atomic E-state index is -3.59. The Hall–Kier alpha value is -1.91. The van der Waals surface area contributed by atoms with Crippen molar-refractivity contribution < 1.29 is 13.2 Å². The van der Waals surface area contributed by atoms with Crippen LogP contribution in [0.2, 0.25) is 0 Å². The van der Waals surface area contributed by atoms with E-state index in [-0.39, 0.29) is 16.8 Å². The SMILES string of the molecule is CSc1nnc(CCCNC(=O)c2cc(S(=O)(=O)NC3CC3)ccc2C)n1C1CCCC1. The molecule has 2 fully saturated rings. The lowest BCUT2D eigenvalue weighted by molar-refractivity contribution is 0.0952. The molecular weight excluding hydrogens is 446 g/mol. The van der Waals surface area contributed by atoms with Crippen molar-refractivity contribution in [2.45, 2.75) is 80.4 Å². The van der Waals surface area contributed by atoms with E-state index < -0.39 is 10.0 Å². The second-order valence-electron chi connectivity index (χ2n) is 8.64.